The Bertz CT molecular complexity index is 996. The van der Waals surface area contributed by atoms with Crippen molar-refractivity contribution in [3.8, 4) is 11.3 Å². The summed E-state index contributed by atoms with van der Waals surface area (Å²) in [6.07, 6.45) is 1.85. The number of hydrogen-bond donors (Lipinski definition) is 3. The predicted octanol–water partition coefficient (Wildman–Crippen LogP) is 3.03. The molecule has 1 amide bonds. The van der Waals surface area contributed by atoms with Gasteiger partial charge in [0, 0.05) is 32.7 Å². The molecule has 0 aliphatic carbocycles. The Morgan fingerprint density at radius 3 is 2.67 bits per heavy atom. The third-order valence-electron chi connectivity index (χ3n) is 4.65. The van der Waals surface area contributed by atoms with Crippen molar-refractivity contribution in [3.63, 3.8) is 0 Å². The van der Waals surface area contributed by atoms with Crippen LogP contribution in [0.5, 0.6) is 0 Å². The number of hydrogen-bond acceptors (Lipinski definition) is 3. The molecule has 2 aromatic carbocycles. The van der Waals surface area contributed by atoms with E-state index in [1.54, 1.807) is 7.05 Å². The number of amides is 1. The first kappa shape index (κ1) is 21.1. The van der Waals surface area contributed by atoms with E-state index in [9.17, 15) is 4.79 Å². The summed E-state index contributed by atoms with van der Waals surface area (Å²) < 4.78 is 0. The molecule has 1 heterocycles. The molecule has 0 fully saturated rings. The molecule has 156 valence electrons. The number of nitrogens with zero attached hydrogens (tertiary/aromatic N) is 3. The molecule has 0 atom stereocenters. The standard InChI is InChI=1S/C23H28N6O/c1-4-25-22(30)19-12-8-9-17(13-19)14-27-23(24-2)29(3)16-21-26-15-20(28-21)18-10-6-5-7-11-18/h5-13,15H,4,14,16H2,1-3H3,(H,24,27)(H,25,30)(H,26,28). The second-order valence-corrected chi connectivity index (χ2v) is 6.93. The fourth-order valence-corrected chi connectivity index (χ4v) is 3.16. The van der Waals surface area contributed by atoms with Gasteiger partial charge in [0.2, 0.25) is 0 Å². The van der Waals surface area contributed by atoms with Gasteiger partial charge in [-0.05, 0) is 30.2 Å². The van der Waals surface area contributed by atoms with Crippen molar-refractivity contribution in [2.45, 2.75) is 20.0 Å². The molecule has 30 heavy (non-hydrogen) atoms. The summed E-state index contributed by atoms with van der Waals surface area (Å²) in [5.74, 6) is 1.54. The van der Waals surface area contributed by atoms with Crippen LogP contribution < -0.4 is 10.6 Å². The van der Waals surface area contributed by atoms with Gasteiger partial charge in [0.15, 0.2) is 5.96 Å². The van der Waals surface area contributed by atoms with Crippen molar-refractivity contribution < 1.29 is 4.79 Å². The molecule has 0 spiro atoms. The quantitative estimate of drug-likeness (QED) is 0.417. The van der Waals surface area contributed by atoms with E-state index in [2.05, 4.69) is 37.7 Å². The number of benzene rings is 2. The molecular weight excluding hydrogens is 376 g/mol. The zero-order chi connectivity index (χ0) is 21.3. The topological polar surface area (TPSA) is 85.4 Å². The van der Waals surface area contributed by atoms with Gasteiger partial charge in [-0.15, -0.1) is 0 Å². The zero-order valence-corrected chi connectivity index (χ0v) is 17.6. The van der Waals surface area contributed by atoms with E-state index in [1.165, 1.54) is 0 Å². The summed E-state index contributed by atoms with van der Waals surface area (Å²) in [5.41, 5.74) is 3.76. The molecule has 0 saturated carbocycles. The summed E-state index contributed by atoms with van der Waals surface area (Å²) in [6.45, 7) is 3.67. The molecule has 0 aliphatic heterocycles. The predicted molar refractivity (Wildman–Crippen MR) is 120 cm³/mol. The van der Waals surface area contributed by atoms with E-state index < -0.39 is 0 Å². The maximum atomic E-state index is 12.0. The van der Waals surface area contributed by atoms with Gasteiger partial charge in [-0.1, -0.05) is 42.5 Å². The lowest BCUT2D eigenvalue weighted by molar-refractivity contribution is 0.0955. The number of carbonyl (C=O) groups is 1. The number of aromatic nitrogens is 2. The number of nitrogens with one attached hydrogen (secondary N) is 3. The Kier molecular flexibility index (Phi) is 7.21. The second-order valence-electron chi connectivity index (χ2n) is 6.93. The minimum atomic E-state index is -0.0621. The molecule has 0 aliphatic rings. The van der Waals surface area contributed by atoms with Crippen LogP contribution in [0, 0.1) is 0 Å². The Hall–Kier alpha value is -3.61. The van der Waals surface area contributed by atoms with Crippen LogP contribution in [-0.4, -0.2) is 47.4 Å². The summed E-state index contributed by atoms with van der Waals surface area (Å²) in [6, 6.07) is 17.7. The van der Waals surface area contributed by atoms with Gasteiger partial charge in [-0.25, -0.2) is 4.98 Å². The maximum absolute atomic E-state index is 12.0. The number of guanidine groups is 1. The monoisotopic (exact) mass is 404 g/mol. The highest BCUT2D eigenvalue weighted by molar-refractivity contribution is 5.94. The highest BCUT2D eigenvalue weighted by Gasteiger charge is 2.11. The van der Waals surface area contributed by atoms with Crippen molar-refractivity contribution >= 4 is 11.9 Å². The van der Waals surface area contributed by atoms with Crippen LogP contribution in [0.25, 0.3) is 11.3 Å². The Labute approximate surface area is 177 Å². The fourth-order valence-electron chi connectivity index (χ4n) is 3.16. The van der Waals surface area contributed by atoms with Crippen LogP contribution >= 0.6 is 0 Å². The van der Waals surface area contributed by atoms with Crippen LogP contribution in [0.4, 0.5) is 0 Å². The molecule has 7 heteroatoms. The Morgan fingerprint density at radius 2 is 1.93 bits per heavy atom. The van der Waals surface area contributed by atoms with E-state index in [1.807, 2.05) is 67.5 Å². The first-order chi connectivity index (χ1) is 14.6. The molecule has 0 unspecified atom stereocenters. The largest absolute Gasteiger partial charge is 0.352 e. The average Bonchev–Trinajstić information content (AvgIpc) is 3.23. The van der Waals surface area contributed by atoms with Crippen molar-refractivity contribution in [1.29, 1.82) is 0 Å². The SMILES string of the molecule is CCNC(=O)c1cccc(CNC(=NC)N(C)Cc2ncc(-c3ccccc3)[nH]2)c1. The smallest absolute Gasteiger partial charge is 0.251 e. The van der Waals surface area contributed by atoms with Crippen LogP contribution in [0.15, 0.2) is 65.8 Å². The molecule has 1 aromatic heterocycles. The number of aromatic amines is 1. The van der Waals surface area contributed by atoms with Crippen molar-refractivity contribution in [2.75, 3.05) is 20.6 Å². The number of aliphatic imine (C=N–C) groups is 1. The van der Waals surface area contributed by atoms with E-state index in [4.69, 9.17) is 0 Å². The van der Waals surface area contributed by atoms with Crippen molar-refractivity contribution in [2.24, 2.45) is 4.99 Å². The molecule has 3 aromatic rings. The second kappa shape index (κ2) is 10.2. The fraction of sp³-hybridized carbons (Fsp3) is 0.261. The molecule has 7 nitrogen and oxygen atoms in total. The number of rotatable bonds is 7. The van der Waals surface area contributed by atoms with Gasteiger partial charge in [-0.3, -0.25) is 9.79 Å². The third kappa shape index (κ3) is 5.47. The number of imidazole rings is 1. The summed E-state index contributed by atoms with van der Waals surface area (Å²) >= 11 is 0. The lowest BCUT2D eigenvalue weighted by Crippen LogP contribution is -2.38. The summed E-state index contributed by atoms with van der Waals surface area (Å²) in [7, 11) is 3.71. The summed E-state index contributed by atoms with van der Waals surface area (Å²) in [5, 5.41) is 6.17. The van der Waals surface area contributed by atoms with E-state index >= 15 is 0 Å². The van der Waals surface area contributed by atoms with Crippen LogP contribution in [-0.2, 0) is 13.1 Å². The lowest BCUT2D eigenvalue weighted by atomic mass is 10.1. The molecule has 0 bridgehead atoms. The average molecular weight is 405 g/mol. The van der Waals surface area contributed by atoms with Gasteiger partial charge in [0.25, 0.3) is 5.91 Å². The highest BCUT2D eigenvalue weighted by atomic mass is 16.1. The van der Waals surface area contributed by atoms with Gasteiger partial charge >= 0.3 is 0 Å². The zero-order valence-electron chi connectivity index (χ0n) is 17.6. The Morgan fingerprint density at radius 1 is 1.13 bits per heavy atom. The highest BCUT2D eigenvalue weighted by Crippen LogP contribution is 2.16. The first-order valence-corrected chi connectivity index (χ1v) is 9.99. The Balaban J connectivity index is 1.59. The van der Waals surface area contributed by atoms with Crippen molar-refractivity contribution in [1.82, 2.24) is 25.5 Å². The van der Waals surface area contributed by atoms with Gasteiger partial charge in [-0.2, -0.15) is 0 Å². The van der Waals surface area contributed by atoms with E-state index in [0.717, 1.165) is 28.6 Å². The minimum Gasteiger partial charge on any atom is -0.352 e. The lowest BCUT2D eigenvalue weighted by Gasteiger charge is -2.21. The molecule has 0 radical (unpaired) electrons. The molecular formula is C23H28N6O. The first-order valence-electron chi connectivity index (χ1n) is 9.99. The maximum Gasteiger partial charge on any atom is 0.251 e. The van der Waals surface area contributed by atoms with E-state index in [-0.39, 0.29) is 5.91 Å². The third-order valence-corrected chi connectivity index (χ3v) is 4.65. The van der Waals surface area contributed by atoms with Gasteiger partial charge in [0.05, 0.1) is 18.4 Å². The number of H-pyrrole nitrogens is 1. The van der Waals surface area contributed by atoms with Crippen LogP contribution in [0.1, 0.15) is 28.7 Å². The van der Waals surface area contributed by atoms with Gasteiger partial charge in [0.1, 0.15) is 5.82 Å². The normalized spacial score (nSPS) is 11.2. The minimum absolute atomic E-state index is 0.0621. The van der Waals surface area contributed by atoms with Gasteiger partial charge < -0.3 is 20.5 Å². The van der Waals surface area contributed by atoms with Crippen LogP contribution in [0.2, 0.25) is 0 Å². The molecule has 0 saturated heterocycles. The molecule has 3 N–H and O–H groups in total. The number of carbonyl (C=O) groups excluding carboxylic acids is 1. The molecule has 3 rings (SSSR count). The van der Waals surface area contributed by atoms with Crippen LogP contribution in [0.3, 0.4) is 0 Å². The van der Waals surface area contributed by atoms with Crippen molar-refractivity contribution in [3.05, 3.63) is 77.7 Å². The summed E-state index contributed by atoms with van der Waals surface area (Å²) in [4.78, 5) is 26.3. The van der Waals surface area contributed by atoms with E-state index in [0.29, 0.717) is 25.2 Å².